The molecular formula is C16H16N4O2. The normalized spacial score (nSPS) is 10.6. The zero-order chi connectivity index (χ0) is 15.4. The van der Waals surface area contributed by atoms with Crippen molar-refractivity contribution in [3.05, 3.63) is 70.6 Å². The molecule has 112 valence electrons. The lowest BCUT2D eigenvalue weighted by atomic mass is 10.2. The van der Waals surface area contributed by atoms with Gasteiger partial charge in [0.25, 0.3) is 0 Å². The van der Waals surface area contributed by atoms with Gasteiger partial charge >= 0.3 is 5.69 Å². The molecule has 0 unspecified atom stereocenters. The highest BCUT2D eigenvalue weighted by molar-refractivity contribution is 5.29. The molecule has 6 heteroatoms. The van der Waals surface area contributed by atoms with E-state index in [1.807, 2.05) is 61.5 Å². The van der Waals surface area contributed by atoms with Gasteiger partial charge in [-0.25, -0.2) is 4.79 Å². The molecule has 0 saturated heterocycles. The van der Waals surface area contributed by atoms with Crippen LogP contribution >= 0.6 is 0 Å². The number of hydrogen-bond acceptors (Lipinski definition) is 4. The number of ether oxygens (including phenoxy) is 1. The fourth-order valence-corrected chi connectivity index (χ4v) is 2.03. The van der Waals surface area contributed by atoms with Crippen molar-refractivity contribution in [2.24, 2.45) is 0 Å². The Bertz CT molecular complexity index is 791. The zero-order valence-electron chi connectivity index (χ0n) is 12.2. The van der Waals surface area contributed by atoms with Crippen LogP contribution in [0.25, 0.3) is 5.69 Å². The Morgan fingerprint density at radius 1 is 1.00 bits per heavy atom. The second kappa shape index (κ2) is 6.26. The van der Waals surface area contributed by atoms with Gasteiger partial charge in [0, 0.05) is 0 Å². The lowest BCUT2D eigenvalue weighted by Crippen LogP contribution is -2.26. The predicted octanol–water partition coefficient (Wildman–Crippen LogP) is 1.82. The molecule has 0 bridgehead atoms. The number of tetrazole rings is 1. The van der Waals surface area contributed by atoms with Gasteiger partial charge in [-0.05, 0) is 41.6 Å². The lowest BCUT2D eigenvalue weighted by molar-refractivity contribution is 0.287. The van der Waals surface area contributed by atoms with Crippen molar-refractivity contribution in [3.63, 3.8) is 0 Å². The van der Waals surface area contributed by atoms with E-state index in [0.29, 0.717) is 18.8 Å². The summed E-state index contributed by atoms with van der Waals surface area (Å²) in [6.45, 7) is 2.72. The lowest BCUT2D eigenvalue weighted by Gasteiger charge is -2.05. The first-order chi connectivity index (χ1) is 10.7. The first-order valence-electron chi connectivity index (χ1n) is 7.02. The molecule has 0 fully saturated rings. The molecule has 0 spiro atoms. The summed E-state index contributed by atoms with van der Waals surface area (Å²) in [5, 5.41) is 7.76. The molecule has 6 nitrogen and oxygen atoms in total. The van der Waals surface area contributed by atoms with Crippen LogP contribution in [-0.2, 0) is 6.54 Å². The largest absolute Gasteiger partial charge is 0.492 e. The van der Waals surface area contributed by atoms with E-state index in [2.05, 4.69) is 10.4 Å². The van der Waals surface area contributed by atoms with Gasteiger partial charge in [0.05, 0.1) is 12.2 Å². The van der Waals surface area contributed by atoms with Crippen LogP contribution < -0.4 is 10.4 Å². The van der Waals surface area contributed by atoms with Gasteiger partial charge in [0.15, 0.2) is 0 Å². The quantitative estimate of drug-likeness (QED) is 0.720. The number of aromatic nitrogens is 4. The second-order valence-corrected chi connectivity index (χ2v) is 4.89. The summed E-state index contributed by atoms with van der Waals surface area (Å²) >= 11 is 0. The first kappa shape index (κ1) is 14.1. The average molecular weight is 296 g/mol. The molecule has 0 aliphatic heterocycles. The van der Waals surface area contributed by atoms with Crippen molar-refractivity contribution in [2.75, 3.05) is 6.61 Å². The monoisotopic (exact) mass is 296 g/mol. The number of para-hydroxylation sites is 1. The maximum absolute atomic E-state index is 12.2. The molecule has 1 aromatic heterocycles. The Morgan fingerprint density at radius 3 is 2.45 bits per heavy atom. The third kappa shape index (κ3) is 3.06. The van der Waals surface area contributed by atoms with E-state index in [4.69, 9.17) is 4.74 Å². The van der Waals surface area contributed by atoms with E-state index >= 15 is 0 Å². The van der Waals surface area contributed by atoms with Gasteiger partial charge in [0.2, 0.25) is 0 Å². The standard InChI is InChI=1S/C16H16N4O2/c1-13-7-9-15(10-8-13)22-12-11-19-16(21)20(18-17-19)14-5-3-2-4-6-14/h2-10H,11-12H2,1H3. The van der Waals surface area contributed by atoms with Gasteiger partial charge in [0.1, 0.15) is 12.4 Å². The average Bonchev–Trinajstić information content (AvgIpc) is 2.91. The van der Waals surface area contributed by atoms with Crippen molar-refractivity contribution in [1.82, 2.24) is 19.8 Å². The Labute approximate surface area is 127 Å². The molecule has 0 N–H and O–H groups in total. The summed E-state index contributed by atoms with van der Waals surface area (Å²) in [5.74, 6) is 0.772. The number of benzene rings is 2. The second-order valence-electron chi connectivity index (χ2n) is 4.89. The Morgan fingerprint density at radius 2 is 1.73 bits per heavy atom. The third-order valence-electron chi connectivity index (χ3n) is 3.23. The van der Waals surface area contributed by atoms with Crippen molar-refractivity contribution in [1.29, 1.82) is 0 Å². The third-order valence-corrected chi connectivity index (χ3v) is 3.23. The minimum Gasteiger partial charge on any atom is -0.492 e. The summed E-state index contributed by atoms with van der Waals surface area (Å²) in [5.41, 5.74) is 1.59. The van der Waals surface area contributed by atoms with Gasteiger partial charge in [-0.1, -0.05) is 35.9 Å². The molecule has 1 heterocycles. The van der Waals surface area contributed by atoms with Crippen LogP contribution in [0.1, 0.15) is 5.56 Å². The molecule has 2 aromatic carbocycles. The number of rotatable bonds is 5. The van der Waals surface area contributed by atoms with E-state index in [-0.39, 0.29) is 5.69 Å². The highest BCUT2D eigenvalue weighted by Crippen LogP contribution is 2.11. The van der Waals surface area contributed by atoms with Crippen molar-refractivity contribution >= 4 is 0 Å². The van der Waals surface area contributed by atoms with Crippen LogP contribution in [0, 0.1) is 6.92 Å². The van der Waals surface area contributed by atoms with E-state index in [1.54, 1.807) is 0 Å². The van der Waals surface area contributed by atoms with Crippen LogP contribution in [0.3, 0.4) is 0 Å². The molecule has 3 aromatic rings. The minimum atomic E-state index is -0.279. The number of aryl methyl sites for hydroxylation is 1. The highest BCUT2D eigenvalue weighted by Gasteiger charge is 2.08. The zero-order valence-corrected chi connectivity index (χ0v) is 12.2. The smallest absolute Gasteiger partial charge is 0.368 e. The first-order valence-corrected chi connectivity index (χ1v) is 7.02. The SMILES string of the molecule is Cc1ccc(OCCn2nnn(-c3ccccc3)c2=O)cc1. The Kier molecular flexibility index (Phi) is 4.00. The summed E-state index contributed by atoms with van der Waals surface area (Å²) in [6.07, 6.45) is 0. The van der Waals surface area contributed by atoms with Gasteiger partial charge < -0.3 is 4.74 Å². The van der Waals surface area contributed by atoms with Crippen LogP contribution in [-0.4, -0.2) is 26.4 Å². The topological polar surface area (TPSA) is 61.9 Å². The molecule has 0 amide bonds. The molecule has 0 atom stereocenters. The summed E-state index contributed by atoms with van der Waals surface area (Å²) in [6, 6.07) is 17.0. The molecule has 22 heavy (non-hydrogen) atoms. The van der Waals surface area contributed by atoms with E-state index in [0.717, 1.165) is 5.75 Å². The number of hydrogen-bond donors (Lipinski definition) is 0. The fourth-order valence-electron chi connectivity index (χ4n) is 2.03. The maximum atomic E-state index is 12.2. The Hall–Kier alpha value is -2.89. The molecule has 0 aliphatic rings. The van der Waals surface area contributed by atoms with E-state index < -0.39 is 0 Å². The number of nitrogens with zero attached hydrogens (tertiary/aromatic N) is 4. The van der Waals surface area contributed by atoms with Crippen molar-refractivity contribution in [2.45, 2.75) is 13.5 Å². The van der Waals surface area contributed by atoms with Gasteiger partial charge in [-0.15, -0.1) is 0 Å². The molecule has 0 aliphatic carbocycles. The predicted molar refractivity (Wildman–Crippen MR) is 82.3 cm³/mol. The molecule has 0 radical (unpaired) electrons. The maximum Gasteiger partial charge on any atom is 0.368 e. The van der Waals surface area contributed by atoms with Crippen LogP contribution in [0.5, 0.6) is 5.75 Å². The van der Waals surface area contributed by atoms with Gasteiger partial charge in [-0.3, -0.25) is 0 Å². The molecule has 0 saturated carbocycles. The van der Waals surface area contributed by atoms with E-state index in [9.17, 15) is 4.79 Å². The van der Waals surface area contributed by atoms with Gasteiger partial charge in [-0.2, -0.15) is 9.36 Å². The molecule has 3 rings (SSSR count). The van der Waals surface area contributed by atoms with Crippen LogP contribution in [0.2, 0.25) is 0 Å². The molecular weight excluding hydrogens is 280 g/mol. The van der Waals surface area contributed by atoms with Crippen molar-refractivity contribution < 1.29 is 4.74 Å². The Balaban J connectivity index is 1.65. The van der Waals surface area contributed by atoms with Crippen molar-refractivity contribution in [3.8, 4) is 11.4 Å². The highest BCUT2D eigenvalue weighted by atomic mass is 16.5. The fraction of sp³-hybridized carbons (Fsp3) is 0.188. The van der Waals surface area contributed by atoms with Crippen LogP contribution in [0.15, 0.2) is 59.4 Å². The summed E-state index contributed by atoms with van der Waals surface area (Å²) < 4.78 is 8.16. The van der Waals surface area contributed by atoms with E-state index in [1.165, 1.54) is 14.9 Å². The summed E-state index contributed by atoms with van der Waals surface area (Å²) in [4.78, 5) is 12.2. The minimum absolute atomic E-state index is 0.279. The van der Waals surface area contributed by atoms with Crippen LogP contribution in [0.4, 0.5) is 0 Å². The summed E-state index contributed by atoms with van der Waals surface area (Å²) in [7, 11) is 0.